The molecule has 37 heavy (non-hydrogen) atoms. The van der Waals surface area contributed by atoms with Gasteiger partial charge in [0.25, 0.3) is 0 Å². The monoisotopic (exact) mass is 514 g/mol. The molecule has 0 saturated heterocycles. The van der Waals surface area contributed by atoms with E-state index >= 15 is 0 Å². The fourth-order valence-corrected chi connectivity index (χ4v) is 5.73. The smallest absolute Gasteiger partial charge is 0.331 e. The summed E-state index contributed by atoms with van der Waals surface area (Å²) < 4.78 is 5.73. The van der Waals surface area contributed by atoms with Crippen molar-refractivity contribution < 1.29 is 29.6 Å². The molecule has 0 unspecified atom stereocenters. The number of carbonyl (C=O) groups is 2. The minimum Gasteiger partial charge on any atom is -0.451 e. The molecule has 0 aromatic carbocycles. The molecule has 6 atom stereocenters. The zero-order chi connectivity index (χ0) is 27.8. The number of ketones is 1. The highest BCUT2D eigenvalue weighted by molar-refractivity contribution is 5.94. The Morgan fingerprint density at radius 1 is 1.14 bits per heavy atom. The predicted octanol–water partition coefficient (Wildman–Crippen LogP) is 5.01. The second-order valence-electron chi connectivity index (χ2n) is 10.8. The number of esters is 1. The van der Waals surface area contributed by atoms with E-state index in [1.54, 1.807) is 31.2 Å². The lowest BCUT2D eigenvalue weighted by molar-refractivity contribution is -0.201. The van der Waals surface area contributed by atoms with E-state index in [4.69, 9.17) is 4.74 Å². The van der Waals surface area contributed by atoms with Gasteiger partial charge >= 0.3 is 5.97 Å². The van der Waals surface area contributed by atoms with E-state index in [-0.39, 0.29) is 23.2 Å². The Morgan fingerprint density at radius 2 is 1.81 bits per heavy atom. The van der Waals surface area contributed by atoms with Gasteiger partial charge in [0.1, 0.15) is 6.10 Å². The summed E-state index contributed by atoms with van der Waals surface area (Å²) >= 11 is 0. The molecule has 0 aromatic heterocycles. The number of ether oxygens (including phenoxy) is 1. The molecular formula is C31H46O6. The van der Waals surface area contributed by atoms with Gasteiger partial charge in [-0.2, -0.15) is 0 Å². The maximum Gasteiger partial charge on any atom is 0.331 e. The van der Waals surface area contributed by atoms with Crippen LogP contribution >= 0.6 is 0 Å². The minimum atomic E-state index is -2.15. The number of unbranched alkanes of at least 4 members (excludes halogenated alkanes) is 3. The molecule has 6 nitrogen and oxygen atoms in total. The van der Waals surface area contributed by atoms with Crippen LogP contribution in [0, 0.1) is 23.2 Å². The maximum absolute atomic E-state index is 14.1. The van der Waals surface area contributed by atoms with Gasteiger partial charge in [-0.25, -0.2) is 4.79 Å². The van der Waals surface area contributed by atoms with E-state index in [1.807, 2.05) is 39.8 Å². The van der Waals surface area contributed by atoms with Gasteiger partial charge in [-0.05, 0) is 42.7 Å². The van der Waals surface area contributed by atoms with Crippen LogP contribution in [0.1, 0.15) is 73.6 Å². The second-order valence-corrected chi connectivity index (χ2v) is 10.8. The lowest BCUT2D eigenvalue weighted by Gasteiger charge is -2.49. The molecule has 0 radical (unpaired) electrons. The normalized spacial score (nSPS) is 31.2. The highest BCUT2D eigenvalue weighted by Crippen LogP contribution is 2.58. The Labute approximate surface area is 222 Å². The fourth-order valence-electron chi connectivity index (χ4n) is 5.73. The summed E-state index contributed by atoms with van der Waals surface area (Å²) in [5, 5.41) is 33.8. The summed E-state index contributed by atoms with van der Waals surface area (Å²) in [4.78, 5) is 26.9. The maximum atomic E-state index is 14.1. The minimum absolute atomic E-state index is 0.116. The van der Waals surface area contributed by atoms with E-state index in [9.17, 15) is 24.9 Å². The third-order valence-electron chi connectivity index (χ3n) is 8.00. The third kappa shape index (κ3) is 6.08. The van der Waals surface area contributed by atoms with Gasteiger partial charge in [0.05, 0.1) is 12.0 Å². The Kier molecular flexibility index (Phi) is 11.3. The summed E-state index contributed by atoms with van der Waals surface area (Å²) in [7, 11) is 0. The summed E-state index contributed by atoms with van der Waals surface area (Å²) in [6.45, 7) is 10.9. The van der Waals surface area contributed by atoms with E-state index in [2.05, 4.69) is 13.0 Å². The van der Waals surface area contributed by atoms with Crippen LogP contribution in [0.2, 0.25) is 0 Å². The first-order valence-electron chi connectivity index (χ1n) is 13.7. The largest absolute Gasteiger partial charge is 0.451 e. The summed E-state index contributed by atoms with van der Waals surface area (Å²) in [6, 6.07) is 0. The second kappa shape index (κ2) is 13.5. The van der Waals surface area contributed by atoms with Crippen LogP contribution in [0.15, 0.2) is 59.8 Å². The zero-order valence-electron chi connectivity index (χ0n) is 23.3. The number of carbonyl (C=O) groups excluding carboxylic acids is 2. The number of rotatable bonds is 12. The van der Waals surface area contributed by atoms with E-state index in [1.165, 1.54) is 18.9 Å². The van der Waals surface area contributed by atoms with Gasteiger partial charge in [0, 0.05) is 12.0 Å². The summed E-state index contributed by atoms with van der Waals surface area (Å²) in [5.74, 6) is -2.01. The highest BCUT2D eigenvalue weighted by Gasteiger charge is 2.70. The molecular weight excluding hydrogens is 468 g/mol. The number of hydrogen-bond acceptors (Lipinski definition) is 6. The van der Waals surface area contributed by atoms with Gasteiger partial charge in [0.15, 0.2) is 17.5 Å². The SMILES string of the molecule is CCCCC/C=C/C=C/C=C/C(=O)O[C@H]1C(C)=C[C@]2([C@H](C)CC)C(=O)[C@H](C(C)C)C=C(CO)[C@@H](O)[C@]12O. The van der Waals surface area contributed by atoms with Crippen LogP contribution in [-0.4, -0.2) is 51.5 Å². The Morgan fingerprint density at radius 3 is 2.41 bits per heavy atom. The average Bonchev–Trinajstić information content (AvgIpc) is 3.06. The van der Waals surface area contributed by atoms with E-state index in [0.717, 1.165) is 12.8 Å². The van der Waals surface area contributed by atoms with Crippen LogP contribution < -0.4 is 0 Å². The number of aliphatic hydroxyl groups excluding tert-OH is 2. The van der Waals surface area contributed by atoms with E-state index in [0.29, 0.717) is 12.0 Å². The zero-order valence-corrected chi connectivity index (χ0v) is 23.3. The first-order chi connectivity index (χ1) is 17.5. The molecule has 2 rings (SSSR count). The Balaban J connectivity index is 2.37. The summed E-state index contributed by atoms with van der Waals surface area (Å²) in [6.07, 6.45) is 15.9. The number of fused-ring (bicyclic) bond motifs is 1. The Bertz CT molecular complexity index is 955. The molecule has 2 aliphatic carbocycles. The molecule has 2 aliphatic rings. The molecule has 0 aromatic rings. The summed E-state index contributed by atoms with van der Waals surface area (Å²) in [5.41, 5.74) is -2.97. The molecule has 0 saturated carbocycles. The van der Waals surface area contributed by atoms with Gasteiger partial charge in [0.2, 0.25) is 0 Å². The van der Waals surface area contributed by atoms with Crippen molar-refractivity contribution in [3.63, 3.8) is 0 Å². The van der Waals surface area contributed by atoms with Crippen molar-refractivity contribution in [2.24, 2.45) is 23.2 Å². The standard InChI is InChI=1S/C31H46O6/c1-7-9-10-11-12-13-14-15-16-17-26(33)37-29-22(5)19-30(23(6)8-2)28(35)25(21(3)4)18-24(20-32)27(34)31(29,30)36/h12-19,21,23,25,27,29,32,34,36H,7-11,20H2,1-6H3/b13-12+,15-14+,17-16+/t23-,25+,27-,29+,30+,31+/m1/s1. The van der Waals surface area contributed by atoms with Gasteiger partial charge in [-0.3, -0.25) is 4.79 Å². The van der Waals surface area contributed by atoms with Gasteiger partial charge < -0.3 is 20.1 Å². The van der Waals surface area contributed by atoms with Crippen molar-refractivity contribution >= 4 is 11.8 Å². The lowest BCUT2D eigenvalue weighted by Crippen LogP contribution is -2.66. The van der Waals surface area contributed by atoms with Gasteiger partial charge in [-0.15, -0.1) is 0 Å². The molecule has 0 amide bonds. The number of Topliss-reactive ketones (excluding diaryl/α,β-unsaturated/α-hetero) is 1. The molecule has 0 fully saturated rings. The number of allylic oxidation sites excluding steroid dienone is 6. The molecule has 3 N–H and O–H groups in total. The quantitative estimate of drug-likeness (QED) is 0.111. The number of hydrogen-bond donors (Lipinski definition) is 3. The molecule has 6 heteroatoms. The number of aliphatic hydroxyl groups is 3. The van der Waals surface area contributed by atoms with Gasteiger partial charge in [-0.1, -0.05) is 96.4 Å². The topological polar surface area (TPSA) is 104 Å². The van der Waals surface area contributed by atoms with Crippen LogP contribution in [0.4, 0.5) is 0 Å². The van der Waals surface area contributed by atoms with Crippen molar-refractivity contribution in [3.05, 3.63) is 59.8 Å². The molecule has 0 bridgehead atoms. The predicted molar refractivity (Wildman–Crippen MR) is 147 cm³/mol. The molecule has 0 aliphatic heterocycles. The van der Waals surface area contributed by atoms with Crippen LogP contribution in [0.3, 0.4) is 0 Å². The van der Waals surface area contributed by atoms with Crippen LogP contribution in [-0.2, 0) is 14.3 Å². The molecule has 0 spiro atoms. The van der Waals surface area contributed by atoms with Crippen molar-refractivity contribution in [3.8, 4) is 0 Å². The van der Waals surface area contributed by atoms with Crippen LogP contribution in [0.5, 0.6) is 0 Å². The van der Waals surface area contributed by atoms with Crippen LogP contribution in [0.25, 0.3) is 0 Å². The third-order valence-corrected chi connectivity index (χ3v) is 8.00. The first-order valence-corrected chi connectivity index (χ1v) is 13.7. The Hall–Kier alpha value is -2.28. The lowest BCUT2D eigenvalue weighted by atomic mass is 9.58. The van der Waals surface area contributed by atoms with Crippen molar-refractivity contribution in [1.29, 1.82) is 0 Å². The molecule has 0 heterocycles. The first kappa shape index (κ1) is 30.9. The van der Waals surface area contributed by atoms with Crippen molar-refractivity contribution in [1.82, 2.24) is 0 Å². The molecule has 206 valence electrons. The van der Waals surface area contributed by atoms with E-state index < -0.39 is 41.7 Å². The van der Waals surface area contributed by atoms with Crippen molar-refractivity contribution in [2.75, 3.05) is 6.61 Å². The average molecular weight is 515 g/mol. The van der Waals surface area contributed by atoms with Crippen molar-refractivity contribution in [2.45, 2.75) is 91.5 Å². The highest BCUT2D eigenvalue weighted by atomic mass is 16.6. The fraction of sp³-hybridized carbons (Fsp3) is 0.613.